The number of hydrogen-bond acceptors (Lipinski definition) is 11. The molecule has 5 aromatic rings. The van der Waals surface area contributed by atoms with Crippen LogP contribution in [0, 0.1) is 16.0 Å². The summed E-state index contributed by atoms with van der Waals surface area (Å²) in [6.45, 7) is 5.04. The van der Waals surface area contributed by atoms with Crippen molar-refractivity contribution in [1.29, 1.82) is 0 Å². The fourth-order valence-electron chi connectivity index (χ4n) is 10.0. The number of pyridine rings is 1. The minimum absolute atomic E-state index is 0.0105. The number of nitro benzene ring substituents is 1. The second-order valence-corrected chi connectivity index (χ2v) is 19.5. The second kappa shape index (κ2) is 17.5. The molecule has 0 spiro atoms. The molecule has 328 valence electrons. The molecule has 4 fully saturated rings. The first-order chi connectivity index (χ1) is 30.7. The Balaban J connectivity index is 0.860. The van der Waals surface area contributed by atoms with E-state index in [4.69, 9.17) is 9.47 Å². The van der Waals surface area contributed by atoms with E-state index in [1.165, 1.54) is 48.9 Å². The maximum absolute atomic E-state index is 14.0. The first kappa shape index (κ1) is 41.4. The molecule has 0 radical (unpaired) electrons. The summed E-state index contributed by atoms with van der Waals surface area (Å²) in [6, 6.07) is 22.9. The van der Waals surface area contributed by atoms with Crippen LogP contribution in [0.4, 0.5) is 11.4 Å². The van der Waals surface area contributed by atoms with Crippen molar-refractivity contribution in [2.24, 2.45) is 5.92 Å². The molecule has 63 heavy (non-hydrogen) atoms. The Bertz CT molecular complexity index is 2670. The number of H-pyrrole nitrogens is 1. The van der Waals surface area contributed by atoms with Crippen molar-refractivity contribution in [3.63, 3.8) is 0 Å². The molecule has 14 nitrogen and oxygen atoms in total. The van der Waals surface area contributed by atoms with E-state index in [1.807, 2.05) is 12.1 Å². The van der Waals surface area contributed by atoms with Crippen LogP contribution >= 0.6 is 0 Å². The van der Waals surface area contributed by atoms with Gasteiger partial charge in [-0.15, -0.1) is 0 Å². The van der Waals surface area contributed by atoms with E-state index >= 15 is 0 Å². The zero-order chi connectivity index (χ0) is 43.1. The Morgan fingerprint density at radius 1 is 0.937 bits per heavy atom. The summed E-state index contributed by atoms with van der Waals surface area (Å²) < 4.78 is 41.4. The van der Waals surface area contributed by atoms with Crippen LogP contribution in [0.5, 0.6) is 11.5 Å². The van der Waals surface area contributed by atoms with Crippen molar-refractivity contribution in [3.05, 3.63) is 124 Å². The third kappa shape index (κ3) is 8.84. The van der Waals surface area contributed by atoms with Gasteiger partial charge < -0.3 is 19.8 Å². The normalized spacial score (nSPS) is 21.5. The van der Waals surface area contributed by atoms with Crippen molar-refractivity contribution in [2.75, 3.05) is 44.7 Å². The number of aromatic amines is 1. The SMILES string of the molecule is O=C(NS(=O)(=O)c1ccc(NCC2CCN(C3COC3)CC2)c([N+](=O)[O-])c1)c1ccc(C2=CCC(N3CCC[C@@H]3c3ccccc3C3CC3)CC2)cc1Oc1cnc2[nH]ccc2c1. The highest BCUT2D eigenvalue weighted by Gasteiger charge is 2.37. The van der Waals surface area contributed by atoms with Crippen LogP contribution in [0.15, 0.2) is 96.2 Å². The molecule has 2 atom stereocenters. The molecule has 1 saturated carbocycles. The van der Waals surface area contributed by atoms with E-state index in [0.29, 0.717) is 47.9 Å². The summed E-state index contributed by atoms with van der Waals surface area (Å²) >= 11 is 0. The molecule has 2 aromatic heterocycles. The lowest BCUT2D eigenvalue weighted by Crippen LogP contribution is -2.52. The Hall–Kier alpha value is -5.61. The average molecular weight is 872 g/mol. The fraction of sp³-hybridized carbons (Fsp3) is 0.417. The molecular weight excluding hydrogens is 819 g/mol. The molecule has 3 aliphatic heterocycles. The van der Waals surface area contributed by atoms with Crippen LogP contribution in [0.2, 0.25) is 0 Å². The van der Waals surface area contributed by atoms with Gasteiger partial charge in [0.2, 0.25) is 0 Å². The number of nitro groups is 1. The van der Waals surface area contributed by atoms with Gasteiger partial charge in [-0.2, -0.15) is 0 Å². The summed E-state index contributed by atoms with van der Waals surface area (Å²) in [6.07, 6.45) is 15.2. The lowest BCUT2D eigenvalue weighted by Gasteiger charge is -2.41. The number of nitrogens with one attached hydrogen (secondary N) is 3. The van der Waals surface area contributed by atoms with Crippen molar-refractivity contribution in [2.45, 2.75) is 86.7 Å². The number of anilines is 1. The third-order valence-electron chi connectivity index (χ3n) is 13.8. The van der Waals surface area contributed by atoms with Crippen LogP contribution in [-0.2, 0) is 14.8 Å². The number of amides is 1. The number of nitrogens with zero attached hydrogens (tertiary/aromatic N) is 4. The molecule has 5 aliphatic rings. The van der Waals surface area contributed by atoms with E-state index in [9.17, 15) is 23.3 Å². The van der Waals surface area contributed by atoms with Gasteiger partial charge in [0.25, 0.3) is 21.6 Å². The molecule has 0 bridgehead atoms. The molecule has 15 heteroatoms. The van der Waals surface area contributed by atoms with Gasteiger partial charge in [0.15, 0.2) is 0 Å². The van der Waals surface area contributed by atoms with Gasteiger partial charge >= 0.3 is 0 Å². The number of fused-ring (bicyclic) bond motifs is 1. The van der Waals surface area contributed by atoms with Gasteiger partial charge in [0.05, 0.1) is 40.8 Å². The van der Waals surface area contributed by atoms with E-state index in [1.54, 1.807) is 30.6 Å². The number of sulfonamides is 1. The zero-order valence-electron chi connectivity index (χ0n) is 35.2. The lowest BCUT2D eigenvalue weighted by molar-refractivity contribution is -0.384. The standard InChI is InChI=1S/C48H53N7O7S/c56-48(52-63(59,60)39-14-16-43(45(26-39)55(57)58)50-27-31-18-22-53(23-19-31)37-29-61-30-37)42-15-11-34(25-46(42)62-38-24-35-17-20-49-47(35)51-28-38)32-9-12-36(13-10-32)54-21-3-6-44(54)41-5-2-1-4-40(41)33-7-8-33/h1-2,4-5,9,11,14-17,20,24-26,28,31,33,36-37,44,50H,3,6-8,10,12-13,18-19,21-23,27,29-30H2,(H,49,51)(H,52,56)/t36?,44-/m1/s1. The van der Waals surface area contributed by atoms with Gasteiger partial charge in [-0.25, -0.2) is 18.1 Å². The molecule has 1 amide bonds. The fourth-order valence-corrected chi connectivity index (χ4v) is 11.0. The second-order valence-electron chi connectivity index (χ2n) is 17.8. The number of rotatable bonds is 14. The van der Waals surface area contributed by atoms with Crippen molar-refractivity contribution in [3.8, 4) is 11.5 Å². The van der Waals surface area contributed by atoms with E-state index in [2.05, 4.69) is 60.1 Å². The van der Waals surface area contributed by atoms with E-state index in [-0.39, 0.29) is 22.7 Å². The van der Waals surface area contributed by atoms with Gasteiger partial charge in [-0.05, 0) is 148 Å². The van der Waals surface area contributed by atoms with Crippen molar-refractivity contribution in [1.82, 2.24) is 24.5 Å². The third-order valence-corrected chi connectivity index (χ3v) is 15.1. The van der Waals surface area contributed by atoms with E-state index in [0.717, 1.165) is 87.5 Å². The van der Waals surface area contributed by atoms with Crippen molar-refractivity contribution < 1.29 is 27.6 Å². The first-order valence-electron chi connectivity index (χ1n) is 22.4. The highest BCUT2D eigenvalue weighted by molar-refractivity contribution is 7.90. The summed E-state index contributed by atoms with van der Waals surface area (Å²) in [5, 5.41) is 16.2. The van der Waals surface area contributed by atoms with Crippen LogP contribution in [-0.4, -0.2) is 90.5 Å². The summed E-state index contributed by atoms with van der Waals surface area (Å²) in [7, 11) is -4.55. The molecule has 3 aromatic carbocycles. The van der Waals surface area contributed by atoms with Crippen LogP contribution in [0.3, 0.4) is 0 Å². The molecule has 1 unspecified atom stereocenters. The molecule has 10 rings (SSSR count). The number of benzene rings is 3. The maximum atomic E-state index is 14.0. The first-order valence-corrected chi connectivity index (χ1v) is 23.9. The smallest absolute Gasteiger partial charge is 0.293 e. The Labute approximate surface area is 367 Å². The number of allylic oxidation sites excluding steroid dienone is 1. The van der Waals surface area contributed by atoms with Gasteiger partial charge in [0, 0.05) is 36.3 Å². The predicted octanol–water partition coefficient (Wildman–Crippen LogP) is 8.56. The van der Waals surface area contributed by atoms with E-state index < -0.39 is 25.7 Å². The van der Waals surface area contributed by atoms with Crippen molar-refractivity contribution >= 4 is 43.9 Å². The highest BCUT2D eigenvalue weighted by Crippen LogP contribution is 2.47. The van der Waals surface area contributed by atoms with Gasteiger partial charge in [-0.3, -0.25) is 24.7 Å². The molecule has 3 saturated heterocycles. The van der Waals surface area contributed by atoms with Crippen LogP contribution in [0.1, 0.15) is 96.8 Å². The predicted molar refractivity (Wildman–Crippen MR) is 240 cm³/mol. The molecule has 3 N–H and O–H groups in total. The largest absolute Gasteiger partial charge is 0.455 e. The van der Waals surface area contributed by atoms with Crippen LogP contribution < -0.4 is 14.8 Å². The minimum Gasteiger partial charge on any atom is -0.455 e. The summed E-state index contributed by atoms with van der Waals surface area (Å²) in [5.41, 5.74) is 5.55. The Morgan fingerprint density at radius 3 is 2.51 bits per heavy atom. The number of carbonyl (C=O) groups is 1. The lowest BCUT2D eigenvalue weighted by atomic mass is 9.88. The Kier molecular flexibility index (Phi) is 11.5. The average Bonchev–Trinajstić information content (AvgIpc) is 3.81. The number of hydrogen-bond donors (Lipinski definition) is 3. The summed E-state index contributed by atoms with van der Waals surface area (Å²) in [5.74, 6) is 0.630. The monoisotopic (exact) mass is 871 g/mol. The zero-order valence-corrected chi connectivity index (χ0v) is 36.0. The minimum atomic E-state index is -4.55. The number of ether oxygens (including phenoxy) is 2. The highest BCUT2D eigenvalue weighted by atomic mass is 32.2. The molecule has 2 aliphatic carbocycles. The molecule has 5 heterocycles. The topological polar surface area (TPSA) is 172 Å². The Morgan fingerprint density at radius 2 is 1.76 bits per heavy atom. The number of piperidine rings is 1. The maximum Gasteiger partial charge on any atom is 0.293 e. The molecular formula is C48H53N7O7S. The van der Waals surface area contributed by atoms with Gasteiger partial charge in [0.1, 0.15) is 22.8 Å². The van der Waals surface area contributed by atoms with Gasteiger partial charge in [-0.1, -0.05) is 36.4 Å². The number of aromatic nitrogens is 2. The summed E-state index contributed by atoms with van der Waals surface area (Å²) in [4.78, 5) is 37.9. The quantitative estimate of drug-likeness (QED) is 0.0721. The van der Waals surface area contributed by atoms with Crippen LogP contribution in [0.25, 0.3) is 16.6 Å². The number of likely N-dealkylation sites (tertiary alicyclic amines) is 2. The number of carbonyl (C=O) groups excluding carboxylic acids is 1.